The van der Waals surface area contributed by atoms with Crippen molar-refractivity contribution in [1.29, 1.82) is 0 Å². The molecule has 2 fully saturated rings. The third-order valence-electron chi connectivity index (χ3n) is 5.93. The summed E-state index contributed by atoms with van der Waals surface area (Å²) in [5.41, 5.74) is 1.61. The highest BCUT2D eigenvalue weighted by Gasteiger charge is 2.45. The second-order valence-corrected chi connectivity index (χ2v) is 13.6. The maximum atomic E-state index is 5.65. The van der Waals surface area contributed by atoms with Gasteiger partial charge in [0.05, 0.1) is 51.8 Å². The highest BCUT2D eigenvalue weighted by Crippen LogP contribution is 2.41. The molecule has 2 aliphatic rings. The van der Waals surface area contributed by atoms with Crippen molar-refractivity contribution in [3.05, 3.63) is 12.3 Å². The standard InChI is InChI=1S/C11H24O6Si.C11H22O4Si/c1-5-18(15-9-6-12-2,16-10-7-13-3)17-11-8-14-4;1-12-16(13-2,14-3)7-6-9-4-5-10-11(8-9)15-10/h5H,1,6-11H2,2-4H3;9-11H,4-8H2,1-3H3. The summed E-state index contributed by atoms with van der Waals surface area (Å²) in [6.45, 7) is 6.35. The van der Waals surface area contributed by atoms with Crippen LogP contribution in [0.1, 0.15) is 25.7 Å². The third-order valence-corrected chi connectivity index (χ3v) is 11.0. The zero-order chi connectivity index (χ0) is 25.3. The maximum Gasteiger partial charge on any atom is 0.529 e. The van der Waals surface area contributed by atoms with Gasteiger partial charge in [0.1, 0.15) is 0 Å². The first kappa shape index (κ1) is 31.8. The lowest BCUT2D eigenvalue weighted by atomic mass is 9.88. The summed E-state index contributed by atoms with van der Waals surface area (Å²) in [6, 6.07) is 0.915. The SMILES string of the molecule is C=C[Si](OCCOC)(OCCOC)OCCOC.CO[Si](CCC1CCC2OC2C1)(OC)OC. The Bertz CT molecular complexity index is 489. The molecule has 1 aliphatic carbocycles. The van der Waals surface area contributed by atoms with Gasteiger partial charge >= 0.3 is 17.6 Å². The third kappa shape index (κ3) is 11.7. The monoisotopic (exact) mass is 526 g/mol. The van der Waals surface area contributed by atoms with E-state index in [1.54, 1.807) is 48.4 Å². The predicted molar refractivity (Wildman–Crippen MR) is 132 cm³/mol. The van der Waals surface area contributed by atoms with E-state index >= 15 is 0 Å². The molecule has 0 bridgehead atoms. The summed E-state index contributed by atoms with van der Waals surface area (Å²) < 4.78 is 53.6. The molecule has 3 atom stereocenters. The summed E-state index contributed by atoms with van der Waals surface area (Å²) in [4.78, 5) is 0. The van der Waals surface area contributed by atoms with Gasteiger partial charge in [0.15, 0.2) is 0 Å². The van der Waals surface area contributed by atoms with E-state index < -0.39 is 17.6 Å². The molecule has 1 heterocycles. The van der Waals surface area contributed by atoms with Crippen molar-refractivity contribution >= 4 is 17.6 Å². The second kappa shape index (κ2) is 18.1. The van der Waals surface area contributed by atoms with E-state index in [1.807, 2.05) is 0 Å². The van der Waals surface area contributed by atoms with E-state index in [1.165, 1.54) is 19.3 Å². The normalized spacial score (nSPS) is 22.0. The van der Waals surface area contributed by atoms with E-state index in [-0.39, 0.29) is 0 Å². The first-order chi connectivity index (χ1) is 16.5. The molecular weight excluding hydrogens is 480 g/mol. The smallest absolute Gasteiger partial charge is 0.382 e. The number of fused-ring (bicyclic) bond motifs is 1. The first-order valence-corrected chi connectivity index (χ1v) is 15.5. The van der Waals surface area contributed by atoms with Gasteiger partial charge in [-0.15, -0.1) is 0 Å². The molecule has 202 valence electrons. The molecular formula is C22H46O10Si2. The molecule has 1 saturated carbocycles. The minimum Gasteiger partial charge on any atom is -0.382 e. The van der Waals surface area contributed by atoms with Crippen LogP contribution in [-0.2, 0) is 45.5 Å². The zero-order valence-electron chi connectivity index (χ0n) is 21.9. The van der Waals surface area contributed by atoms with E-state index in [4.69, 9.17) is 45.5 Å². The topological polar surface area (TPSA) is 95.6 Å². The maximum absolute atomic E-state index is 5.65. The van der Waals surface area contributed by atoms with Gasteiger partial charge in [-0.25, -0.2) is 0 Å². The Morgan fingerprint density at radius 1 is 0.735 bits per heavy atom. The Morgan fingerprint density at radius 3 is 1.62 bits per heavy atom. The molecule has 1 saturated heterocycles. The molecule has 1 aliphatic heterocycles. The lowest BCUT2D eigenvalue weighted by Crippen LogP contribution is -2.46. The molecule has 2 rings (SSSR count). The van der Waals surface area contributed by atoms with Crippen molar-refractivity contribution < 1.29 is 45.5 Å². The lowest BCUT2D eigenvalue weighted by Gasteiger charge is -2.27. The van der Waals surface area contributed by atoms with Crippen LogP contribution < -0.4 is 0 Å². The van der Waals surface area contributed by atoms with Crippen molar-refractivity contribution in [2.24, 2.45) is 5.92 Å². The Kier molecular flexibility index (Phi) is 16.9. The molecule has 0 aromatic rings. The van der Waals surface area contributed by atoms with E-state index in [2.05, 4.69) is 6.58 Å². The lowest BCUT2D eigenvalue weighted by molar-refractivity contribution is 0.0232. The summed E-state index contributed by atoms with van der Waals surface area (Å²) in [6.07, 6.45) is 6.01. The number of ether oxygens (including phenoxy) is 4. The number of hydrogen-bond acceptors (Lipinski definition) is 10. The molecule has 34 heavy (non-hydrogen) atoms. The fourth-order valence-electron chi connectivity index (χ4n) is 3.79. The van der Waals surface area contributed by atoms with Gasteiger partial charge in [-0.1, -0.05) is 6.58 Å². The molecule has 0 N–H and O–H groups in total. The van der Waals surface area contributed by atoms with Crippen molar-refractivity contribution in [3.63, 3.8) is 0 Å². The molecule has 0 aromatic carbocycles. The van der Waals surface area contributed by atoms with Gasteiger partial charge in [-0.05, 0) is 37.3 Å². The van der Waals surface area contributed by atoms with Gasteiger partial charge in [0.25, 0.3) is 0 Å². The molecule has 3 unspecified atom stereocenters. The molecule has 10 nitrogen and oxygen atoms in total. The van der Waals surface area contributed by atoms with Crippen LogP contribution in [0, 0.1) is 5.92 Å². The van der Waals surface area contributed by atoms with Crippen LogP contribution in [0.25, 0.3) is 0 Å². The number of methoxy groups -OCH3 is 3. The summed E-state index contributed by atoms with van der Waals surface area (Å²) in [7, 11) is 4.66. The fraction of sp³-hybridized carbons (Fsp3) is 0.909. The van der Waals surface area contributed by atoms with Crippen LogP contribution in [0.15, 0.2) is 12.3 Å². The highest BCUT2D eigenvalue weighted by atomic mass is 28.4. The van der Waals surface area contributed by atoms with E-state index in [9.17, 15) is 0 Å². The molecule has 0 radical (unpaired) electrons. The van der Waals surface area contributed by atoms with Gasteiger partial charge in [0.2, 0.25) is 0 Å². The Hall–Kier alpha value is -0.226. The first-order valence-electron chi connectivity index (χ1n) is 11.8. The van der Waals surface area contributed by atoms with E-state index in [0.29, 0.717) is 51.8 Å². The summed E-state index contributed by atoms with van der Waals surface area (Å²) >= 11 is 0. The van der Waals surface area contributed by atoms with Crippen molar-refractivity contribution in [2.75, 3.05) is 82.3 Å². The average molecular weight is 527 g/mol. The summed E-state index contributed by atoms with van der Waals surface area (Å²) in [5.74, 6) is 0.760. The van der Waals surface area contributed by atoms with Crippen LogP contribution in [0.5, 0.6) is 0 Å². The van der Waals surface area contributed by atoms with E-state index in [0.717, 1.165) is 18.4 Å². The quantitative estimate of drug-likeness (QED) is 0.142. The zero-order valence-corrected chi connectivity index (χ0v) is 23.9. The Balaban J connectivity index is 0.000000341. The van der Waals surface area contributed by atoms with Gasteiger partial charge < -0.3 is 45.5 Å². The minimum absolute atomic E-state index is 0.398. The van der Waals surface area contributed by atoms with Crippen molar-refractivity contribution in [3.8, 4) is 0 Å². The highest BCUT2D eigenvalue weighted by molar-refractivity contribution is 6.66. The molecule has 0 spiro atoms. The Morgan fingerprint density at radius 2 is 1.24 bits per heavy atom. The van der Waals surface area contributed by atoms with Crippen molar-refractivity contribution in [1.82, 2.24) is 0 Å². The van der Waals surface area contributed by atoms with Crippen LogP contribution in [-0.4, -0.2) is 112 Å². The number of rotatable bonds is 19. The van der Waals surface area contributed by atoms with Crippen LogP contribution in [0.3, 0.4) is 0 Å². The molecule has 12 heteroatoms. The second-order valence-electron chi connectivity index (χ2n) is 8.06. The predicted octanol–water partition coefficient (Wildman–Crippen LogP) is 2.46. The van der Waals surface area contributed by atoms with Gasteiger partial charge in [-0.3, -0.25) is 0 Å². The number of epoxide rings is 1. The molecule has 0 aromatic heterocycles. The minimum atomic E-state index is -2.86. The molecule has 0 amide bonds. The van der Waals surface area contributed by atoms with Crippen LogP contribution >= 0.6 is 0 Å². The van der Waals surface area contributed by atoms with Crippen LogP contribution in [0.4, 0.5) is 0 Å². The van der Waals surface area contributed by atoms with Gasteiger partial charge in [0, 0.05) is 48.7 Å². The average Bonchev–Trinajstić information content (AvgIpc) is 3.65. The van der Waals surface area contributed by atoms with Gasteiger partial charge in [-0.2, -0.15) is 0 Å². The fourth-order valence-corrected chi connectivity index (χ4v) is 7.37. The van der Waals surface area contributed by atoms with Crippen LogP contribution in [0.2, 0.25) is 6.04 Å². The van der Waals surface area contributed by atoms with Crippen molar-refractivity contribution in [2.45, 2.75) is 43.9 Å². The number of hydrogen-bond donors (Lipinski definition) is 0. The largest absolute Gasteiger partial charge is 0.529 e. The summed E-state index contributed by atoms with van der Waals surface area (Å²) in [5, 5.41) is 0. The Labute approximate surface area is 207 Å².